The molecule has 3 nitrogen and oxygen atoms in total. The summed E-state index contributed by atoms with van der Waals surface area (Å²) in [5, 5.41) is 8.09. The Morgan fingerprint density at radius 3 is 2.53 bits per heavy atom. The van der Waals surface area contributed by atoms with Gasteiger partial charge in [0.25, 0.3) is 0 Å². The quantitative estimate of drug-likeness (QED) is 0.821. The first-order valence-corrected chi connectivity index (χ1v) is 7.02. The monoisotopic (exact) mass is 235 g/mol. The van der Waals surface area contributed by atoms with Gasteiger partial charge in [0.15, 0.2) is 0 Å². The van der Waals surface area contributed by atoms with Gasteiger partial charge >= 0.3 is 0 Å². The average Bonchev–Trinajstić information content (AvgIpc) is 2.61. The van der Waals surface area contributed by atoms with Gasteiger partial charge in [-0.15, -0.1) is 0 Å². The molecule has 1 fully saturated rings. The van der Waals surface area contributed by atoms with Gasteiger partial charge in [-0.05, 0) is 38.6 Å². The first-order chi connectivity index (χ1) is 8.30. The number of hydrogen-bond acceptors (Lipinski definition) is 2. The Hall–Kier alpha value is -0.830. The van der Waals surface area contributed by atoms with Crippen molar-refractivity contribution in [3.05, 3.63) is 17.0 Å². The summed E-state index contributed by atoms with van der Waals surface area (Å²) in [6.07, 6.45) is 6.34. The van der Waals surface area contributed by atoms with E-state index < -0.39 is 0 Å². The third kappa shape index (κ3) is 2.54. The minimum atomic E-state index is 0.882. The molecule has 1 saturated carbocycles. The fourth-order valence-corrected chi connectivity index (χ4v) is 2.72. The number of hydrogen-bond donors (Lipinski definition) is 1. The molecule has 0 aliphatic heterocycles. The van der Waals surface area contributed by atoms with Crippen LogP contribution in [0, 0.1) is 5.92 Å². The highest BCUT2D eigenvalue weighted by molar-refractivity contribution is 5.26. The minimum absolute atomic E-state index is 0.882. The maximum Gasteiger partial charge on any atom is 0.0669 e. The zero-order valence-electron chi connectivity index (χ0n) is 11.4. The van der Waals surface area contributed by atoms with E-state index in [9.17, 15) is 0 Å². The van der Waals surface area contributed by atoms with Crippen LogP contribution in [0.3, 0.4) is 0 Å². The maximum atomic E-state index is 4.82. The highest BCUT2D eigenvalue weighted by Gasteiger charge is 2.21. The molecule has 2 rings (SSSR count). The van der Waals surface area contributed by atoms with E-state index in [1.165, 1.54) is 36.2 Å². The second-order valence-corrected chi connectivity index (χ2v) is 5.09. The topological polar surface area (TPSA) is 29.9 Å². The van der Waals surface area contributed by atoms with Gasteiger partial charge in [0.05, 0.1) is 5.69 Å². The van der Waals surface area contributed by atoms with Crippen molar-refractivity contribution in [2.45, 2.75) is 59.0 Å². The molecule has 0 spiro atoms. The summed E-state index contributed by atoms with van der Waals surface area (Å²) in [4.78, 5) is 0. The minimum Gasteiger partial charge on any atom is -0.316 e. The van der Waals surface area contributed by atoms with E-state index in [-0.39, 0.29) is 0 Å². The van der Waals surface area contributed by atoms with Crippen molar-refractivity contribution >= 4 is 0 Å². The predicted octanol–water partition coefficient (Wildman–Crippen LogP) is 2.53. The lowest BCUT2D eigenvalue weighted by molar-refractivity contribution is 0.263. The standard InChI is InChI=1S/C14H25N3/c1-4-13-12(9-15-3)14(5-2)17(16-13)10-11-7-6-8-11/h11,15H,4-10H2,1-3H3. The Morgan fingerprint density at radius 1 is 1.29 bits per heavy atom. The number of aryl methyl sites for hydroxylation is 1. The Bertz CT molecular complexity index is 364. The average molecular weight is 235 g/mol. The van der Waals surface area contributed by atoms with Crippen molar-refractivity contribution < 1.29 is 0 Å². The van der Waals surface area contributed by atoms with Gasteiger partial charge in [0.2, 0.25) is 0 Å². The van der Waals surface area contributed by atoms with E-state index in [1.807, 2.05) is 7.05 Å². The molecule has 1 N–H and O–H groups in total. The van der Waals surface area contributed by atoms with Gasteiger partial charge in [0.1, 0.15) is 0 Å². The highest BCUT2D eigenvalue weighted by Crippen LogP contribution is 2.29. The molecule has 0 amide bonds. The van der Waals surface area contributed by atoms with Crippen LogP contribution in [0.4, 0.5) is 0 Å². The molecule has 1 aliphatic rings. The molecule has 0 unspecified atom stereocenters. The van der Waals surface area contributed by atoms with Crippen molar-refractivity contribution in [2.75, 3.05) is 7.05 Å². The molecule has 0 saturated heterocycles. The van der Waals surface area contributed by atoms with Crippen LogP contribution >= 0.6 is 0 Å². The van der Waals surface area contributed by atoms with Gasteiger partial charge < -0.3 is 5.32 Å². The van der Waals surface area contributed by atoms with Crippen molar-refractivity contribution in [1.82, 2.24) is 15.1 Å². The van der Waals surface area contributed by atoms with Crippen LogP contribution in [-0.2, 0) is 25.9 Å². The third-order valence-electron chi connectivity index (χ3n) is 3.93. The van der Waals surface area contributed by atoms with Crippen LogP contribution in [0.5, 0.6) is 0 Å². The third-order valence-corrected chi connectivity index (χ3v) is 3.93. The molecule has 17 heavy (non-hydrogen) atoms. The van der Waals surface area contributed by atoms with E-state index in [4.69, 9.17) is 5.10 Å². The molecule has 0 radical (unpaired) electrons. The van der Waals surface area contributed by atoms with Crippen LogP contribution in [-0.4, -0.2) is 16.8 Å². The first kappa shape index (κ1) is 12.6. The summed E-state index contributed by atoms with van der Waals surface area (Å²) < 4.78 is 2.29. The van der Waals surface area contributed by atoms with E-state index >= 15 is 0 Å². The van der Waals surface area contributed by atoms with E-state index in [0.29, 0.717) is 0 Å². The van der Waals surface area contributed by atoms with Crippen molar-refractivity contribution in [3.8, 4) is 0 Å². The summed E-state index contributed by atoms with van der Waals surface area (Å²) in [5.74, 6) is 0.882. The van der Waals surface area contributed by atoms with Gasteiger partial charge in [0, 0.05) is 24.3 Å². The molecule has 3 heteroatoms. The predicted molar refractivity (Wildman–Crippen MR) is 71.1 cm³/mol. The lowest BCUT2D eigenvalue weighted by Crippen LogP contribution is -2.20. The summed E-state index contributed by atoms with van der Waals surface area (Å²) in [7, 11) is 2.02. The second kappa shape index (κ2) is 5.67. The second-order valence-electron chi connectivity index (χ2n) is 5.09. The molecule has 1 aliphatic carbocycles. The lowest BCUT2D eigenvalue weighted by Gasteiger charge is -2.25. The molecular weight excluding hydrogens is 210 g/mol. The van der Waals surface area contributed by atoms with Crippen molar-refractivity contribution in [2.24, 2.45) is 5.92 Å². The van der Waals surface area contributed by atoms with Crippen LogP contribution in [0.15, 0.2) is 0 Å². The van der Waals surface area contributed by atoms with Crippen LogP contribution < -0.4 is 5.32 Å². The number of nitrogens with one attached hydrogen (secondary N) is 1. The van der Waals surface area contributed by atoms with Gasteiger partial charge in [-0.2, -0.15) is 5.10 Å². The van der Waals surface area contributed by atoms with Crippen LogP contribution in [0.2, 0.25) is 0 Å². The largest absolute Gasteiger partial charge is 0.316 e. The van der Waals surface area contributed by atoms with Crippen molar-refractivity contribution in [3.63, 3.8) is 0 Å². The van der Waals surface area contributed by atoms with Gasteiger partial charge in [-0.25, -0.2) is 0 Å². The molecular formula is C14H25N3. The summed E-state index contributed by atoms with van der Waals surface area (Å²) in [6, 6.07) is 0. The lowest BCUT2D eigenvalue weighted by atomic mass is 9.85. The normalized spacial score (nSPS) is 16.2. The molecule has 1 heterocycles. The SMILES string of the molecule is CCc1nn(CC2CCC2)c(CC)c1CNC. The number of nitrogens with zero attached hydrogens (tertiary/aromatic N) is 2. The number of rotatable bonds is 6. The molecule has 0 bridgehead atoms. The van der Waals surface area contributed by atoms with Gasteiger partial charge in [-0.3, -0.25) is 4.68 Å². The molecule has 96 valence electrons. The zero-order chi connectivity index (χ0) is 12.3. The van der Waals surface area contributed by atoms with Gasteiger partial charge in [-0.1, -0.05) is 20.3 Å². The van der Waals surface area contributed by atoms with E-state index in [1.54, 1.807) is 0 Å². The van der Waals surface area contributed by atoms with Crippen molar-refractivity contribution in [1.29, 1.82) is 0 Å². The van der Waals surface area contributed by atoms with E-state index in [2.05, 4.69) is 23.8 Å². The Balaban J connectivity index is 2.23. The highest BCUT2D eigenvalue weighted by atomic mass is 15.3. The van der Waals surface area contributed by atoms with E-state index in [0.717, 1.165) is 31.8 Å². The molecule has 1 aromatic rings. The van der Waals surface area contributed by atoms with Crippen LogP contribution in [0.25, 0.3) is 0 Å². The first-order valence-electron chi connectivity index (χ1n) is 7.02. The molecule has 0 atom stereocenters. The molecule has 0 aromatic carbocycles. The number of aromatic nitrogens is 2. The fourth-order valence-electron chi connectivity index (χ4n) is 2.72. The Kier molecular flexibility index (Phi) is 4.21. The van der Waals surface area contributed by atoms with Crippen LogP contribution in [0.1, 0.15) is 50.1 Å². The summed E-state index contributed by atoms with van der Waals surface area (Å²) >= 11 is 0. The summed E-state index contributed by atoms with van der Waals surface area (Å²) in [6.45, 7) is 6.54. The molecule has 1 aromatic heterocycles. The Morgan fingerprint density at radius 2 is 2.06 bits per heavy atom. The maximum absolute atomic E-state index is 4.82. The Labute approximate surface area is 105 Å². The zero-order valence-corrected chi connectivity index (χ0v) is 11.4. The fraction of sp³-hybridized carbons (Fsp3) is 0.786. The smallest absolute Gasteiger partial charge is 0.0669 e. The summed E-state index contributed by atoms with van der Waals surface area (Å²) in [5.41, 5.74) is 4.18.